The number of hydrogen-bond donors (Lipinski definition) is 0. The molecule has 5 nitrogen and oxygen atoms in total. The average Bonchev–Trinajstić information content (AvgIpc) is 2.69. The second-order valence-electron chi connectivity index (χ2n) is 4.84. The lowest BCUT2D eigenvalue weighted by Crippen LogP contribution is -2.40. The van der Waals surface area contributed by atoms with Crippen molar-refractivity contribution >= 4 is 31.3 Å². The summed E-state index contributed by atoms with van der Waals surface area (Å²) in [6.45, 7) is 3.24. The number of nitrogens with zero attached hydrogens (tertiary/aromatic N) is 2. The highest BCUT2D eigenvalue weighted by Crippen LogP contribution is 2.18. The molecule has 2 aromatic heterocycles. The van der Waals surface area contributed by atoms with Crippen molar-refractivity contribution < 1.29 is 8.42 Å². The molecule has 0 saturated heterocycles. The molecule has 0 aromatic carbocycles. The number of hydrogen-bond acceptors (Lipinski definition) is 5. The van der Waals surface area contributed by atoms with Gasteiger partial charge in [0.2, 0.25) is 0 Å². The second kappa shape index (κ2) is 4.17. The van der Waals surface area contributed by atoms with E-state index in [1.54, 1.807) is 26.1 Å². The number of aromatic nitrogens is 2. The van der Waals surface area contributed by atoms with E-state index in [4.69, 9.17) is 0 Å². The van der Waals surface area contributed by atoms with Gasteiger partial charge < -0.3 is 0 Å². The first-order valence-corrected chi connectivity index (χ1v) is 8.12. The molecule has 0 N–H and O–H groups in total. The predicted octanol–water partition coefficient (Wildman–Crippen LogP) is 1.28. The molecule has 0 aliphatic carbocycles. The van der Waals surface area contributed by atoms with Gasteiger partial charge >= 0.3 is 0 Å². The molecule has 0 bridgehead atoms. The first-order valence-electron chi connectivity index (χ1n) is 5.35. The third-order valence-corrected chi connectivity index (χ3v) is 6.00. The molecule has 0 atom stereocenters. The first-order chi connectivity index (χ1) is 8.22. The summed E-state index contributed by atoms with van der Waals surface area (Å²) in [6.07, 6.45) is 2.76. The van der Waals surface area contributed by atoms with Crippen LogP contribution >= 0.6 is 11.3 Å². The molecule has 18 heavy (non-hydrogen) atoms. The average molecular weight is 286 g/mol. The van der Waals surface area contributed by atoms with E-state index in [0.29, 0.717) is 5.39 Å². The number of sulfone groups is 1. The van der Waals surface area contributed by atoms with Gasteiger partial charge in [0.15, 0.2) is 9.84 Å². The molecule has 0 saturated carbocycles. The Kier molecular flexibility index (Phi) is 3.06. The monoisotopic (exact) mass is 286 g/mol. The molecule has 0 amide bonds. The molecule has 0 aliphatic heterocycles. The van der Waals surface area contributed by atoms with Crippen molar-refractivity contribution in [3.63, 3.8) is 0 Å². The molecule has 2 aromatic rings. The summed E-state index contributed by atoms with van der Waals surface area (Å²) >= 11 is 1.44. The van der Waals surface area contributed by atoms with E-state index in [-0.39, 0.29) is 12.1 Å². The fraction of sp³-hybridized carbons (Fsp3) is 0.455. The minimum atomic E-state index is -3.25. The Hall–Kier alpha value is -1.21. The van der Waals surface area contributed by atoms with Gasteiger partial charge in [-0.2, -0.15) is 5.10 Å². The number of rotatable bonds is 3. The third kappa shape index (κ3) is 2.20. The molecule has 98 valence electrons. The van der Waals surface area contributed by atoms with Crippen LogP contribution in [0.5, 0.6) is 0 Å². The molecule has 0 spiro atoms. The van der Waals surface area contributed by atoms with Crippen LogP contribution in [0.25, 0.3) is 10.1 Å². The van der Waals surface area contributed by atoms with E-state index in [9.17, 15) is 13.2 Å². The van der Waals surface area contributed by atoms with Crippen LogP contribution in [-0.4, -0.2) is 29.2 Å². The smallest absolute Gasteiger partial charge is 0.267 e. The molecular weight excluding hydrogens is 272 g/mol. The summed E-state index contributed by atoms with van der Waals surface area (Å²) in [7, 11) is -3.25. The summed E-state index contributed by atoms with van der Waals surface area (Å²) in [4.78, 5) is 12.1. The third-order valence-electron chi connectivity index (χ3n) is 3.01. The van der Waals surface area contributed by atoms with Crippen molar-refractivity contribution in [2.45, 2.75) is 25.1 Å². The Morgan fingerprint density at radius 1 is 1.44 bits per heavy atom. The van der Waals surface area contributed by atoms with E-state index >= 15 is 0 Å². The predicted molar refractivity (Wildman–Crippen MR) is 72.8 cm³/mol. The van der Waals surface area contributed by atoms with Crippen LogP contribution in [0.3, 0.4) is 0 Å². The lowest BCUT2D eigenvalue weighted by molar-refractivity contribution is 0.465. The van der Waals surface area contributed by atoms with Crippen molar-refractivity contribution in [2.75, 3.05) is 6.26 Å². The van der Waals surface area contributed by atoms with E-state index < -0.39 is 14.6 Å². The van der Waals surface area contributed by atoms with E-state index in [0.717, 1.165) is 4.70 Å². The Labute approximate surface area is 109 Å². The zero-order valence-electron chi connectivity index (χ0n) is 10.4. The van der Waals surface area contributed by atoms with Gasteiger partial charge in [-0.1, -0.05) is 0 Å². The fourth-order valence-corrected chi connectivity index (χ4v) is 2.60. The van der Waals surface area contributed by atoms with Gasteiger partial charge in [0.25, 0.3) is 5.56 Å². The van der Waals surface area contributed by atoms with Gasteiger partial charge in [0, 0.05) is 6.26 Å². The van der Waals surface area contributed by atoms with Crippen LogP contribution in [0.2, 0.25) is 0 Å². The van der Waals surface area contributed by atoms with E-state index in [2.05, 4.69) is 5.10 Å². The topological polar surface area (TPSA) is 69.0 Å². The van der Waals surface area contributed by atoms with Gasteiger partial charge in [0.05, 0.1) is 27.6 Å². The quantitative estimate of drug-likeness (QED) is 0.852. The molecule has 0 aliphatic rings. The minimum Gasteiger partial charge on any atom is -0.267 e. The van der Waals surface area contributed by atoms with Gasteiger partial charge in [-0.15, -0.1) is 11.3 Å². The molecular formula is C11H14N2O3S2. The Morgan fingerprint density at radius 2 is 2.11 bits per heavy atom. The van der Waals surface area contributed by atoms with Gasteiger partial charge in [-0.05, 0) is 25.3 Å². The van der Waals surface area contributed by atoms with Crippen molar-refractivity contribution in [1.82, 2.24) is 9.78 Å². The summed E-state index contributed by atoms with van der Waals surface area (Å²) in [5.74, 6) is 0. The standard InChI is InChI=1S/C11H14N2O3S2/c1-11(2,18(3,15)16)7-13-10(14)8-4-5-17-9(8)6-12-13/h4-6H,7H2,1-3H3. The zero-order valence-corrected chi connectivity index (χ0v) is 12.0. The molecule has 0 fully saturated rings. The highest BCUT2D eigenvalue weighted by atomic mass is 32.2. The summed E-state index contributed by atoms with van der Waals surface area (Å²) in [5, 5.41) is 6.43. The largest absolute Gasteiger partial charge is 0.275 e. The fourth-order valence-electron chi connectivity index (χ4n) is 1.50. The summed E-state index contributed by atoms with van der Waals surface area (Å²) in [6, 6.07) is 1.73. The maximum atomic E-state index is 12.1. The van der Waals surface area contributed by atoms with Crippen molar-refractivity contribution in [3.05, 3.63) is 28.0 Å². The summed E-state index contributed by atoms with van der Waals surface area (Å²) in [5.41, 5.74) is -0.245. The second-order valence-corrected chi connectivity index (χ2v) is 8.43. The molecule has 2 rings (SSSR count). The maximum Gasteiger partial charge on any atom is 0.275 e. The first kappa shape index (κ1) is 13.2. The van der Waals surface area contributed by atoms with Gasteiger partial charge in [-0.3, -0.25) is 4.79 Å². The van der Waals surface area contributed by atoms with Crippen LogP contribution in [0.4, 0.5) is 0 Å². The molecule has 0 radical (unpaired) electrons. The maximum absolute atomic E-state index is 12.1. The number of fused-ring (bicyclic) bond motifs is 1. The van der Waals surface area contributed by atoms with Crippen molar-refractivity contribution in [2.24, 2.45) is 0 Å². The number of thiophene rings is 1. The molecule has 0 unspecified atom stereocenters. The van der Waals surface area contributed by atoms with E-state index in [1.807, 2.05) is 5.38 Å². The van der Waals surface area contributed by atoms with E-state index in [1.165, 1.54) is 22.3 Å². The molecule has 2 heterocycles. The lowest BCUT2D eigenvalue weighted by atomic mass is 10.2. The Morgan fingerprint density at radius 3 is 2.72 bits per heavy atom. The SMILES string of the molecule is CC(C)(Cn1ncc2sccc2c1=O)S(C)(=O)=O. The highest BCUT2D eigenvalue weighted by molar-refractivity contribution is 7.92. The lowest BCUT2D eigenvalue weighted by Gasteiger charge is -2.22. The van der Waals surface area contributed by atoms with Crippen LogP contribution in [0.15, 0.2) is 22.4 Å². The highest BCUT2D eigenvalue weighted by Gasteiger charge is 2.31. The normalized spacial score (nSPS) is 13.1. The van der Waals surface area contributed by atoms with Crippen molar-refractivity contribution in [1.29, 1.82) is 0 Å². The van der Waals surface area contributed by atoms with Gasteiger partial charge in [0.1, 0.15) is 0 Å². The Bertz CT molecular complexity index is 741. The van der Waals surface area contributed by atoms with Crippen LogP contribution in [0.1, 0.15) is 13.8 Å². The molecule has 7 heteroatoms. The van der Waals surface area contributed by atoms with Gasteiger partial charge in [-0.25, -0.2) is 13.1 Å². The summed E-state index contributed by atoms with van der Waals surface area (Å²) < 4.78 is 24.3. The van der Waals surface area contributed by atoms with Crippen LogP contribution < -0.4 is 5.56 Å². The van der Waals surface area contributed by atoms with Crippen LogP contribution in [0, 0.1) is 0 Å². The minimum absolute atomic E-state index is 0.0520. The van der Waals surface area contributed by atoms with Crippen molar-refractivity contribution in [3.8, 4) is 0 Å². The zero-order chi connectivity index (χ0) is 13.6. The Balaban J connectivity index is 2.51. The van der Waals surface area contributed by atoms with Crippen LogP contribution in [-0.2, 0) is 16.4 Å².